The van der Waals surface area contributed by atoms with Crippen LogP contribution in [-0.2, 0) is 19.4 Å². The van der Waals surface area contributed by atoms with E-state index in [0.29, 0.717) is 30.6 Å². The third kappa shape index (κ3) is 5.64. The molecule has 30 heavy (non-hydrogen) atoms. The van der Waals surface area contributed by atoms with E-state index in [2.05, 4.69) is 15.3 Å². The van der Waals surface area contributed by atoms with Gasteiger partial charge in [-0.05, 0) is 49.8 Å². The Labute approximate surface area is 181 Å². The Bertz CT molecular complexity index is 1040. The molecule has 1 aliphatic carbocycles. The molecule has 0 radical (unpaired) electrons. The molecule has 1 aromatic carbocycles. The number of amides is 1. The van der Waals surface area contributed by atoms with Crippen LogP contribution in [0.25, 0.3) is 0 Å². The summed E-state index contributed by atoms with van der Waals surface area (Å²) in [5, 5.41) is 2.87. The van der Waals surface area contributed by atoms with Crippen molar-refractivity contribution in [3.05, 3.63) is 46.9 Å². The Kier molecular flexibility index (Phi) is 6.88. The summed E-state index contributed by atoms with van der Waals surface area (Å²) in [7, 11) is -3.47. The van der Waals surface area contributed by atoms with Crippen molar-refractivity contribution >= 4 is 38.9 Å². The summed E-state index contributed by atoms with van der Waals surface area (Å²) in [6, 6.07) is 4.60. The van der Waals surface area contributed by atoms with E-state index in [1.807, 2.05) is 0 Å². The van der Waals surface area contributed by atoms with Crippen molar-refractivity contribution < 1.29 is 18.0 Å². The van der Waals surface area contributed by atoms with Crippen molar-refractivity contribution in [3.63, 3.8) is 0 Å². The summed E-state index contributed by atoms with van der Waals surface area (Å²) in [6.45, 7) is 1.80. The van der Waals surface area contributed by atoms with Gasteiger partial charge in [0.05, 0.1) is 33.9 Å². The molecule has 1 N–H and O–H groups in total. The average molecular weight is 450 g/mol. The molecular weight excluding hydrogens is 426 g/mol. The Morgan fingerprint density at radius 2 is 1.93 bits per heavy atom. The number of ketones is 1. The van der Waals surface area contributed by atoms with Gasteiger partial charge in [-0.25, -0.2) is 13.4 Å². The molecule has 3 rings (SSSR count). The topological polar surface area (TPSA) is 106 Å². The molecule has 1 heterocycles. The van der Waals surface area contributed by atoms with Crippen molar-refractivity contribution in [1.29, 1.82) is 0 Å². The highest BCUT2D eigenvalue weighted by molar-refractivity contribution is 7.90. The summed E-state index contributed by atoms with van der Waals surface area (Å²) in [6.07, 6.45) is 7.20. The molecule has 0 unspecified atom stereocenters. The standard InChI is InChI=1S/C21H24ClN3O4S/c1-13-11-24-20(12-23-13)25-21(27)17(9-14-3-6-16(26)7-4-14)15-5-8-19(18(22)10-15)30(2,28)29/h5,8,10-12,14,17H,3-4,6-7,9H2,1-2H3,(H,24,25,27)/t17-/m1/s1. The zero-order chi connectivity index (χ0) is 21.9. The van der Waals surface area contributed by atoms with Crippen LogP contribution >= 0.6 is 11.6 Å². The van der Waals surface area contributed by atoms with Crippen molar-refractivity contribution in [2.45, 2.75) is 49.8 Å². The van der Waals surface area contributed by atoms with E-state index in [-0.39, 0.29) is 27.5 Å². The fraction of sp³-hybridized carbons (Fsp3) is 0.429. The Morgan fingerprint density at radius 3 is 2.50 bits per heavy atom. The van der Waals surface area contributed by atoms with Crippen LogP contribution in [0.5, 0.6) is 0 Å². The van der Waals surface area contributed by atoms with E-state index >= 15 is 0 Å². The number of benzene rings is 1. The molecule has 160 valence electrons. The number of nitrogens with one attached hydrogen (secondary N) is 1. The summed E-state index contributed by atoms with van der Waals surface area (Å²) in [5.74, 6) is -0.0161. The Hall–Kier alpha value is -2.32. The number of hydrogen-bond donors (Lipinski definition) is 1. The molecule has 7 nitrogen and oxygen atoms in total. The number of halogens is 1. The number of aromatic nitrogens is 2. The van der Waals surface area contributed by atoms with Gasteiger partial charge in [0, 0.05) is 19.1 Å². The first-order valence-electron chi connectivity index (χ1n) is 9.74. The average Bonchev–Trinajstić information content (AvgIpc) is 2.68. The predicted molar refractivity (Wildman–Crippen MR) is 114 cm³/mol. The minimum Gasteiger partial charge on any atom is -0.309 e. The molecule has 1 fully saturated rings. The van der Waals surface area contributed by atoms with E-state index < -0.39 is 15.8 Å². The molecule has 1 amide bonds. The van der Waals surface area contributed by atoms with Crippen LogP contribution in [0.2, 0.25) is 5.02 Å². The molecule has 0 aliphatic heterocycles. The van der Waals surface area contributed by atoms with E-state index in [0.717, 1.165) is 24.8 Å². The number of carbonyl (C=O) groups is 2. The minimum atomic E-state index is -3.47. The quantitative estimate of drug-likeness (QED) is 0.720. The van der Waals surface area contributed by atoms with Crippen LogP contribution in [0.4, 0.5) is 5.82 Å². The van der Waals surface area contributed by atoms with Crippen LogP contribution in [0.1, 0.15) is 49.3 Å². The molecule has 1 aromatic heterocycles. The van der Waals surface area contributed by atoms with Crippen LogP contribution in [-0.4, -0.2) is 36.3 Å². The van der Waals surface area contributed by atoms with Gasteiger partial charge in [0.15, 0.2) is 15.7 Å². The van der Waals surface area contributed by atoms with Crippen molar-refractivity contribution in [1.82, 2.24) is 9.97 Å². The maximum Gasteiger partial charge on any atom is 0.233 e. The lowest BCUT2D eigenvalue weighted by Crippen LogP contribution is -2.26. The van der Waals surface area contributed by atoms with Gasteiger partial charge in [-0.1, -0.05) is 17.7 Å². The number of aryl methyl sites for hydroxylation is 1. The molecule has 1 atom stereocenters. The third-order valence-corrected chi connectivity index (χ3v) is 6.92. The SMILES string of the molecule is Cc1cnc(NC(=O)[C@H](CC2CCC(=O)CC2)c2ccc(S(C)(=O)=O)c(Cl)c2)cn1. The second-order valence-electron chi connectivity index (χ2n) is 7.76. The molecule has 0 bridgehead atoms. The molecule has 0 saturated heterocycles. The Balaban J connectivity index is 1.88. The van der Waals surface area contributed by atoms with Crippen LogP contribution in [0, 0.1) is 12.8 Å². The number of anilines is 1. The van der Waals surface area contributed by atoms with Gasteiger partial charge in [0.25, 0.3) is 0 Å². The first kappa shape index (κ1) is 22.4. The monoisotopic (exact) mass is 449 g/mol. The zero-order valence-corrected chi connectivity index (χ0v) is 18.5. The van der Waals surface area contributed by atoms with Crippen molar-refractivity contribution in [3.8, 4) is 0 Å². The summed E-state index contributed by atoms with van der Waals surface area (Å²) < 4.78 is 23.7. The summed E-state index contributed by atoms with van der Waals surface area (Å²) >= 11 is 6.22. The van der Waals surface area contributed by atoms with Crippen molar-refractivity contribution in [2.24, 2.45) is 5.92 Å². The molecule has 2 aromatic rings. The molecular formula is C21H24ClN3O4S. The minimum absolute atomic E-state index is 0.0275. The van der Waals surface area contributed by atoms with Crippen molar-refractivity contribution in [2.75, 3.05) is 11.6 Å². The van der Waals surface area contributed by atoms with Gasteiger partial charge in [-0.3, -0.25) is 14.6 Å². The molecule has 1 saturated carbocycles. The van der Waals surface area contributed by atoms with Gasteiger partial charge in [0.1, 0.15) is 5.78 Å². The predicted octanol–water partition coefficient (Wildman–Crippen LogP) is 3.71. The highest BCUT2D eigenvalue weighted by atomic mass is 35.5. The van der Waals surface area contributed by atoms with Gasteiger partial charge in [0.2, 0.25) is 5.91 Å². The van der Waals surface area contributed by atoms with Gasteiger partial charge in [-0.2, -0.15) is 0 Å². The van der Waals surface area contributed by atoms with Crippen LogP contribution < -0.4 is 5.32 Å². The zero-order valence-electron chi connectivity index (χ0n) is 16.9. The van der Waals surface area contributed by atoms with Gasteiger partial charge >= 0.3 is 0 Å². The molecule has 9 heteroatoms. The van der Waals surface area contributed by atoms with E-state index in [1.54, 1.807) is 19.2 Å². The lowest BCUT2D eigenvalue weighted by atomic mass is 9.80. The number of nitrogens with zero attached hydrogens (tertiary/aromatic N) is 2. The lowest BCUT2D eigenvalue weighted by molar-refractivity contribution is -0.121. The van der Waals surface area contributed by atoms with Crippen LogP contribution in [0.3, 0.4) is 0 Å². The number of sulfone groups is 1. The van der Waals surface area contributed by atoms with E-state index in [9.17, 15) is 18.0 Å². The maximum absolute atomic E-state index is 13.1. The molecule has 0 spiro atoms. The second kappa shape index (κ2) is 9.22. The third-order valence-electron chi connectivity index (χ3n) is 5.34. The Morgan fingerprint density at radius 1 is 1.23 bits per heavy atom. The first-order chi connectivity index (χ1) is 14.1. The van der Waals surface area contributed by atoms with Gasteiger partial charge < -0.3 is 5.32 Å². The lowest BCUT2D eigenvalue weighted by Gasteiger charge is -2.26. The fourth-order valence-electron chi connectivity index (χ4n) is 3.67. The second-order valence-corrected chi connectivity index (χ2v) is 10.2. The highest BCUT2D eigenvalue weighted by Crippen LogP contribution is 2.35. The summed E-state index contributed by atoms with van der Waals surface area (Å²) in [4.78, 5) is 33.0. The van der Waals surface area contributed by atoms with Crippen LogP contribution in [0.15, 0.2) is 35.5 Å². The van der Waals surface area contributed by atoms with E-state index in [1.165, 1.54) is 18.3 Å². The smallest absolute Gasteiger partial charge is 0.233 e. The number of hydrogen-bond acceptors (Lipinski definition) is 6. The largest absolute Gasteiger partial charge is 0.309 e. The molecule has 1 aliphatic rings. The summed E-state index contributed by atoms with van der Waals surface area (Å²) in [5.41, 5.74) is 1.36. The maximum atomic E-state index is 13.1. The number of rotatable bonds is 6. The first-order valence-corrected chi connectivity index (χ1v) is 12.0. The number of Topliss-reactive ketones (excluding diaryl/α,β-unsaturated/α-hetero) is 1. The normalized spacial score (nSPS) is 16.3. The fourth-order valence-corrected chi connectivity index (χ4v) is 5.01. The number of carbonyl (C=O) groups excluding carboxylic acids is 2. The van der Waals surface area contributed by atoms with Gasteiger partial charge in [-0.15, -0.1) is 0 Å². The highest BCUT2D eigenvalue weighted by Gasteiger charge is 2.29. The van der Waals surface area contributed by atoms with E-state index in [4.69, 9.17) is 11.6 Å².